The first-order valence-corrected chi connectivity index (χ1v) is 37.7. The van der Waals surface area contributed by atoms with Crippen LogP contribution in [0.3, 0.4) is 0 Å². The molecule has 2 aromatic heterocycles. The van der Waals surface area contributed by atoms with Crippen molar-refractivity contribution in [1.82, 2.24) is 94.7 Å². The second-order valence-electron chi connectivity index (χ2n) is 27.7. The Hall–Kier alpha value is -12.0. The van der Waals surface area contributed by atoms with Crippen molar-refractivity contribution in [3.05, 3.63) is 54.2 Å². The third-order valence-corrected chi connectivity index (χ3v) is 18.1. The van der Waals surface area contributed by atoms with Crippen LogP contribution in [-0.4, -0.2) is 243 Å². The molecule has 0 saturated carbocycles. The molecule has 1 aromatic carbocycles. The molecule has 3 heterocycles. The highest BCUT2D eigenvalue weighted by Gasteiger charge is 2.38. The summed E-state index contributed by atoms with van der Waals surface area (Å²) in [7, 11) is 0. The molecule has 1 aliphatic heterocycles. The van der Waals surface area contributed by atoms with E-state index in [-0.39, 0.29) is 70.3 Å². The fraction of sp³-hybridized carbons (Fsp3) is 0.565. The standard InChI is InChI=1S/C69H106N24O19S/c1-32(2)23-45(64(108)86-40(57(73)101)20-22-113-7)90-65(109)47(25-37-28-76-31-81-37)84-53(99)29-79-67(111)55(33(3)4)92-58(102)34(5)82-63(107)46(24-36-27-78-39-12-9-8-11-38(36)39)91-61(105)44(15-18-50(71)96)89-66(110)48(26-51(72)97)85-54(100)30-80-68(112)56(35(6)94)93-62(106)41(13-10-21-77-69(74)75)87-60(104)43(14-17-49(70)95)88-59(103)42-16-19-52(98)83-42/h8-9,11-12,27-28,31-35,40-48,55-56,78,94H,10,13-26,29-30H2,1-7H3,(H2,70,95)(H2,71,96)(H2,72,97)(H2,73,101)(H,76,81)(H,79,111)(H,80,112)(H,82,107)(H,83,98)(H,84,99)(H,85,100)(H,86,108)(H,87,104)(H,88,103)(H,89,110)(H,90,109)(H,91,105)(H,92,102)(H,93,106)(H4,74,75,77)/t34-,35+,40-,41-,42-,43-,44-,45-,46-,47-,48-,55-,56-/m0/s1. The third-order valence-electron chi connectivity index (χ3n) is 17.5. The van der Waals surface area contributed by atoms with Gasteiger partial charge in [-0.2, -0.15) is 11.8 Å². The molecule has 0 spiro atoms. The van der Waals surface area contributed by atoms with Crippen molar-refractivity contribution in [2.75, 3.05) is 31.6 Å². The van der Waals surface area contributed by atoms with Crippen molar-refractivity contribution in [3.8, 4) is 0 Å². The van der Waals surface area contributed by atoms with Crippen LogP contribution in [-0.2, 0) is 99.1 Å². The molecule has 1 saturated heterocycles. The number of thioether (sulfide) groups is 1. The predicted octanol–water partition coefficient (Wildman–Crippen LogP) is -8.47. The number of nitrogens with zero attached hydrogens (tertiary/aromatic N) is 1. The number of primary amides is 4. The zero-order valence-electron chi connectivity index (χ0n) is 63.8. The third kappa shape index (κ3) is 32.9. The Morgan fingerprint density at radius 3 is 1.61 bits per heavy atom. The van der Waals surface area contributed by atoms with E-state index in [9.17, 15) is 91.4 Å². The lowest BCUT2D eigenvalue weighted by Gasteiger charge is -2.27. The van der Waals surface area contributed by atoms with E-state index in [4.69, 9.17) is 34.1 Å². The maximum absolute atomic E-state index is 14.5. The number of hydrogen-bond acceptors (Lipinski definition) is 22. The SMILES string of the molecule is CSCC[C@H](NC(=O)[C@H](CC(C)C)NC(=O)[C@H](Cc1cnc[nH]1)NC(=O)CNC(=O)[C@@H](NC(=O)[C@H](C)NC(=O)[C@H](Cc1c[nH]c2ccccc12)NC(=O)[C@H](CCC(N)=O)NC(=O)[C@H](CC(N)=O)NC(=O)CNC(=O)[C@@H](NC(=O)[C@H](CCCNC(=N)N)NC(=O)[C@H](CCC(N)=O)NC(=O)[C@@H]1CCC(=O)N1)[C@@H](C)O)C(C)C)C(N)=O. The maximum atomic E-state index is 14.5. The zero-order chi connectivity index (χ0) is 84.3. The number of para-hydroxylation sites is 1. The molecule has 1 aliphatic rings. The van der Waals surface area contributed by atoms with E-state index < -0.39 is 236 Å². The minimum atomic E-state index is -1.94. The van der Waals surface area contributed by atoms with E-state index in [0.29, 0.717) is 27.9 Å². The van der Waals surface area contributed by atoms with Crippen LogP contribution in [0.25, 0.3) is 10.9 Å². The van der Waals surface area contributed by atoms with Crippen molar-refractivity contribution in [2.45, 2.75) is 204 Å². The Morgan fingerprint density at radius 1 is 0.558 bits per heavy atom. The van der Waals surface area contributed by atoms with Crippen LogP contribution in [0.15, 0.2) is 43.0 Å². The van der Waals surface area contributed by atoms with Crippen molar-refractivity contribution >= 4 is 135 Å². The molecule has 43 nitrogen and oxygen atoms in total. The zero-order valence-corrected chi connectivity index (χ0v) is 64.6. The van der Waals surface area contributed by atoms with Gasteiger partial charge in [0.05, 0.1) is 31.9 Å². The lowest BCUT2D eigenvalue weighted by Crippen LogP contribution is -2.60. The van der Waals surface area contributed by atoms with Crippen LogP contribution in [0.5, 0.6) is 0 Å². The Balaban J connectivity index is 1.50. The summed E-state index contributed by atoms with van der Waals surface area (Å²) in [5, 5.41) is 55.5. The van der Waals surface area contributed by atoms with E-state index >= 15 is 0 Å². The van der Waals surface area contributed by atoms with Crippen LogP contribution >= 0.6 is 11.8 Å². The van der Waals surface area contributed by atoms with Gasteiger partial charge in [-0.05, 0) is 94.3 Å². The topological polar surface area (TPSA) is 706 Å². The second kappa shape index (κ2) is 46.6. The van der Waals surface area contributed by atoms with Crippen LogP contribution in [0.1, 0.15) is 123 Å². The number of aromatic amines is 2. The van der Waals surface area contributed by atoms with E-state index in [2.05, 4.69) is 94.7 Å². The molecule has 4 rings (SSSR count). The number of nitrogens with one attached hydrogen (secondary N) is 18. The number of carbonyl (C=O) groups excluding carboxylic acids is 18. The van der Waals surface area contributed by atoms with E-state index in [0.717, 1.165) is 6.92 Å². The van der Waals surface area contributed by atoms with Crippen molar-refractivity contribution < 1.29 is 91.4 Å². The fourth-order valence-corrected chi connectivity index (χ4v) is 11.9. The van der Waals surface area contributed by atoms with Crippen LogP contribution in [0, 0.1) is 17.2 Å². The summed E-state index contributed by atoms with van der Waals surface area (Å²) in [5.41, 5.74) is 28.7. The number of carbonyl (C=O) groups is 18. The van der Waals surface area contributed by atoms with E-state index in [1.54, 1.807) is 58.2 Å². The lowest BCUT2D eigenvalue weighted by molar-refractivity contribution is -0.136. The molecule has 0 aliphatic carbocycles. The number of guanidine groups is 1. The lowest BCUT2D eigenvalue weighted by atomic mass is 10.0. The molecule has 0 bridgehead atoms. The molecule has 1 fully saturated rings. The number of H-pyrrole nitrogens is 2. The molecular weight excluding hydrogens is 1500 g/mol. The summed E-state index contributed by atoms with van der Waals surface area (Å²) in [6.45, 7) is 7.29. The number of benzene rings is 1. The predicted molar refractivity (Wildman–Crippen MR) is 406 cm³/mol. The summed E-state index contributed by atoms with van der Waals surface area (Å²) in [5.74, 6) is -17.9. The number of aromatic nitrogens is 3. The largest absolute Gasteiger partial charge is 0.391 e. The molecule has 44 heteroatoms. The number of aliphatic hydroxyl groups is 1. The van der Waals surface area contributed by atoms with Crippen LogP contribution < -0.4 is 108 Å². The number of nitrogens with two attached hydrogens (primary N) is 5. The van der Waals surface area contributed by atoms with Gasteiger partial charge >= 0.3 is 0 Å². The molecule has 622 valence electrons. The Labute approximate surface area is 653 Å². The monoisotopic (exact) mass is 1610 g/mol. The number of amides is 18. The van der Waals surface area contributed by atoms with Gasteiger partial charge in [-0.3, -0.25) is 91.7 Å². The summed E-state index contributed by atoms with van der Waals surface area (Å²) in [6.07, 6.45) is 1.28. The molecular formula is C69H106N24O19S. The first-order chi connectivity index (χ1) is 53.3. The summed E-state index contributed by atoms with van der Waals surface area (Å²) < 4.78 is 0. The average molecular weight is 1610 g/mol. The quantitative estimate of drug-likeness (QED) is 0.0142. The van der Waals surface area contributed by atoms with Crippen molar-refractivity contribution in [1.29, 1.82) is 5.41 Å². The van der Waals surface area contributed by atoms with Gasteiger partial charge < -0.3 is 123 Å². The van der Waals surface area contributed by atoms with Gasteiger partial charge in [-0.15, -0.1) is 0 Å². The molecule has 3 aromatic rings. The van der Waals surface area contributed by atoms with Gasteiger partial charge in [-0.25, -0.2) is 4.98 Å². The Morgan fingerprint density at radius 2 is 1.07 bits per heavy atom. The minimum Gasteiger partial charge on any atom is -0.391 e. The van der Waals surface area contributed by atoms with Crippen molar-refractivity contribution in [3.63, 3.8) is 0 Å². The number of rotatable bonds is 50. The first-order valence-electron chi connectivity index (χ1n) is 36.4. The van der Waals surface area contributed by atoms with Gasteiger partial charge in [-0.1, -0.05) is 45.9 Å². The smallest absolute Gasteiger partial charge is 0.245 e. The Bertz CT molecular complexity index is 3890. The summed E-state index contributed by atoms with van der Waals surface area (Å²) in [4.78, 5) is 251. The number of imidazole rings is 1. The molecule has 0 radical (unpaired) electrons. The number of aliphatic hydroxyl groups excluding tert-OH is 1. The highest BCUT2D eigenvalue weighted by Crippen LogP contribution is 2.20. The summed E-state index contributed by atoms with van der Waals surface area (Å²) in [6, 6.07) is -10.9. The first kappa shape index (κ1) is 93.4. The molecule has 0 unspecified atom stereocenters. The Kier molecular flexibility index (Phi) is 38.5. The highest BCUT2D eigenvalue weighted by molar-refractivity contribution is 7.98. The molecule has 29 N–H and O–H groups in total. The fourth-order valence-electron chi connectivity index (χ4n) is 11.4. The molecule has 113 heavy (non-hydrogen) atoms. The van der Waals surface area contributed by atoms with Crippen LogP contribution in [0.2, 0.25) is 0 Å². The molecule has 18 amide bonds. The second-order valence-corrected chi connectivity index (χ2v) is 28.7. The van der Waals surface area contributed by atoms with E-state index in [1.807, 2.05) is 6.26 Å². The van der Waals surface area contributed by atoms with Gasteiger partial charge in [0.25, 0.3) is 0 Å². The number of fused-ring (bicyclic) bond motifs is 1. The number of hydrogen-bond donors (Lipinski definition) is 24. The van der Waals surface area contributed by atoms with Gasteiger partial charge in [0, 0.05) is 67.6 Å². The normalized spacial score (nSPS) is 15.6. The average Bonchev–Trinajstić information content (AvgIpc) is 1.73. The van der Waals surface area contributed by atoms with Gasteiger partial charge in [0.2, 0.25) is 106 Å². The van der Waals surface area contributed by atoms with Crippen molar-refractivity contribution in [2.24, 2.45) is 40.5 Å². The molecule has 13 atom stereocenters. The van der Waals surface area contributed by atoms with Crippen LogP contribution in [0.4, 0.5) is 0 Å². The summed E-state index contributed by atoms with van der Waals surface area (Å²) >= 11 is 1.43. The van der Waals surface area contributed by atoms with E-state index in [1.165, 1.54) is 31.2 Å². The minimum absolute atomic E-state index is 0.0130. The maximum Gasteiger partial charge on any atom is 0.245 e. The van der Waals surface area contributed by atoms with Gasteiger partial charge in [0.15, 0.2) is 5.96 Å². The highest BCUT2D eigenvalue weighted by atomic mass is 32.2. The van der Waals surface area contributed by atoms with Gasteiger partial charge in [0.1, 0.15) is 72.5 Å².